The molecule has 29 heavy (non-hydrogen) atoms. The molecule has 1 heterocycles. The van der Waals surface area contributed by atoms with E-state index in [1.165, 1.54) is 0 Å². The number of hydrogen-bond donors (Lipinski definition) is 1. The van der Waals surface area contributed by atoms with Gasteiger partial charge in [-0.3, -0.25) is 14.6 Å². The van der Waals surface area contributed by atoms with Crippen LogP contribution in [0.15, 0.2) is 48.5 Å². The molecule has 1 fully saturated rings. The fourth-order valence-electron chi connectivity index (χ4n) is 3.28. The number of carbonyl (C=O) groups excluding carboxylic acids is 1. The number of benzene rings is 2. The van der Waals surface area contributed by atoms with Gasteiger partial charge in [0.2, 0.25) is 5.91 Å². The highest BCUT2D eigenvalue weighted by molar-refractivity contribution is 5.94. The van der Waals surface area contributed by atoms with Crippen molar-refractivity contribution in [1.82, 2.24) is 9.80 Å². The normalized spacial score (nSPS) is 15.0. The summed E-state index contributed by atoms with van der Waals surface area (Å²) in [4.78, 5) is 17.0. The highest BCUT2D eigenvalue weighted by Gasteiger charge is 2.19. The smallest absolute Gasteiger partial charge is 0.238 e. The third kappa shape index (κ3) is 6.37. The van der Waals surface area contributed by atoms with E-state index in [0.29, 0.717) is 30.3 Å². The molecule has 1 saturated heterocycles. The molecule has 0 aromatic heterocycles. The van der Waals surface area contributed by atoms with Crippen LogP contribution in [0.1, 0.15) is 0 Å². The van der Waals surface area contributed by atoms with Gasteiger partial charge in [-0.15, -0.1) is 0 Å². The summed E-state index contributed by atoms with van der Waals surface area (Å²) in [5.74, 6) is 2.13. The molecule has 1 amide bonds. The maximum atomic E-state index is 12.5. The first kappa shape index (κ1) is 21.0. The van der Waals surface area contributed by atoms with E-state index in [1.807, 2.05) is 30.3 Å². The van der Waals surface area contributed by atoms with Gasteiger partial charge >= 0.3 is 0 Å². The van der Waals surface area contributed by atoms with Crippen molar-refractivity contribution < 1.29 is 19.0 Å². The monoisotopic (exact) mass is 399 g/mol. The van der Waals surface area contributed by atoms with Gasteiger partial charge in [-0.2, -0.15) is 0 Å². The number of para-hydroxylation sites is 1. The number of anilines is 1. The third-order valence-corrected chi connectivity index (χ3v) is 4.93. The molecule has 3 rings (SSSR count). The second kappa shape index (κ2) is 10.7. The zero-order chi connectivity index (χ0) is 20.5. The Kier molecular flexibility index (Phi) is 7.72. The van der Waals surface area contributed by atoms with Gasteiger partial charge in [-0.1, -0.05) is 18.2 Å². The molecule has 1 aliphatic rings. The lowest BCUT2D eigenvalue weighted by Gasteiger charge is -2.34. The van der Waals surface area contributed by atoms with Crippen LogP contribution in [0.25, 0.3) is 0 Å². The van der Waals surface area contributed by atoms with Crippen molar-refractivity contribution in [3.05, 3.63) is 48.5 Å². The molecular formula is C22H29N3O4. The van der Waals surface area contributed by atoms with E-state index in [-0.39, 0.29) is 5.91 Å². The standard InChI is InChI=1S/C22H29N3O4/c1-27-19-8-9-21(28-2)20(16-19)23-22(26)17-25-12-10-24(11-13-25)14-15-29-18-6-4-3-5-7-18/h3-9,16H,10-15,17H2,1-2H3,(H,23,26). The predicted octanol–water partition coefficient (Wildman–Crippen LogP) is 2.34. The molecule has 0 bridgehead atoms. The van der Waals surface area contributed by atoms with Gasteiger partial charge in [0.25, 0.3) is 0 Å². The fraction of sp³-hybridized carbons (Fsp3) is 0.409. The minimum atomic E-state index is -0.0580. The molecule has 0 atom stereocenters. The van der Waals surface area contributed by atoms with E-state index in [4.69, 9.17) is 14.2 Å². The summed E-state index contributed by atoms with van der Waals surface area (Å²) in [5, 5.41) is 2.93. The van der Waals surface area contributed by atoms with E-state index >= 15 is 0 Å². The summed E-state index contributed by atoms with van der Waals surface area (Å²) >= 11 is 0. The van der Waals surface area contributed by atoms with E-state index in [9.17, 15) is 4.79 Å². The molecule has 0 spiro atoms. The average molecular weight is 399 g/mol. The van der Waals surface area contributed by atoms with Crippen LogP contribution < -0.4 is 19.5 Å². The Labute approximate surface area is 172 Å². The number of amides is 1. The number of nitrogens with zero attached hydrogens (tertiary/aromatic N) is 2. The highest BCUT2D eigenvalue weighted by atomic mass is 16.5. The van der Waals surface area contributed by atoms with E-state index < -0.39 is 0 Å². The molecule has 0 saturated carbocycles. The van der Waals surface area contributed by atoms with Gasteiger partial charge in [-0.05, 0) is 24.3 Å². The summed E-state index contributed by atoms with van der Waals surface area (Å²) in [6, 6.07) is 15.2. The van der Waals surface area contributed by atoms with E-state index in [1.54, 1.807) is 32.4 Å². The van der Waals surface area contributed by atoms with Crippen LogP contribution >= 0.6 is 0 Å². The zero-order valence-electron chi connectivity index (χ0n) is 17.1. The molecule has 7 nitrogen and oxygen atoms in total. The Hall–Kier alpha value is -2.77. The van der Waals surface area contributed by atoms with Gasteiger partial charge in [0, 0.05) is 38.8 Å². The van der Waals surface area contributed by atoms with Gasteiger partial charge in [0.05, 0.1) is 26.5 Å². The van der Waals surface area contributed by atoms with Gasteiger partial charge in [-0.25, -0.2) is 0 Å². The van der Waals surface area contributed by atoms with Gasteiger partial charge in [0.15, 0.2) is 0 Å². The van der Waals surface area contributed by atoms with Crippen molar-refractivity contribution in [2.24, 2.45) is 0 Å². The summed E-state index contributed by atoms with van der Waals surface area (Å²) in [6.45, 7) is 5.47. The van der Waals surface area contributed by atoms with Crippen LogP contribution in [0.4, 0.5) is 5.69 Å². The Morgan fingerprint density at radius 2 is 1.66 bits per heavy atom. The molecule has 2 aromatic carbocycles. The Bertz CT molecular complexity index is 777. The van der Waals surface area contributed by atoms with Crippen molar-refractivity contribution >= 4 is 11.6 Å². The second-order valence-corrected chi connectivity index (χ2v) is 6.89. The highest BCUT2D eigenvalue weighted by Crippen LogP contribution is 2.28. The fourth-order valence-corrected chi connectivity index (χ4v) is 3.28. The molecule has 1 aliphatic heterocycles. The summed E-state index contributed by atoms with van der Waals surface area (Å²) < 4.78 is 16.3. The number of hydrogen-bond acceptors (Lipinski definition) is 6. The van der Waals surface area contributed by atoms with Crippen molar-refractivity contribution in [3.8, 4) is 17.2 Å². The Balaban J connectivity index is 1.39. The molecule has 1 N–H and O–H groups in total. The number of nitrogens with one attached hydrogen (secondary N) is 1. The molecule has 2 aromatic rings. The van der Waals surface area contributed by atoms with Crippen molar-refractivity contribution in [3.63, 3.8) is 0 Å². The van der Waals surface area contributed by atoms with Crippen molar-refractivity contribution in [2.45, 2.75) is 0 Å². The van der Waals surface area contributed by atoms with Gasteiger partial charge < -0.3 is 19.5 Å². The third-order valence-electron chi connectivity index (χ3n) is 4.93. The first-order chi connectivity index (χ1) is 14.2. The van der Waals surface area contributed by atoms with Crippen LogP contribution in [0, 0.1) is 0 Å². The summed E-state index contributed by atoms with van der Waals surface area (Å²) in [6.07, 6.45) is 0. The van der Waals surface area contributed by atoms with Crippen LogP contribution in [0.5, 0.6) is 17.2 Å². The van der Waals surface area contributed by atoms with Gasteiger partial charge in [0.1, 0.15) is 23.9 Å². The van der Waals surface area contributed by atoms with Crippen LogP contribution in [0.2, 0.25) is 0 Å². The number of piperazine rings is 1. The minimum absolute atomic E-state index is 0.0580. The van der Waals surface area contributed by atoms with E-state index in [0.717, 1.165) is 38.5 Å². The maximum Gasteiger partial charge on any atom is 0.238 e. The maximum absolute atomic E-state index is 12.5. The molecule has 0 radical (unpaired) electrons. The van der Waals surface area contributed by atoms with Crippen LogP contribution in [-0.2, 0) is 4.79 Å². The molecule has 0 unspecified atom stereocenters. The van der Waals surface area contributed by atoms with Crippen LogP contribution in [-0.4, -0.2) is 75.8 Å². The topological polar surface area (TPSA) is 63.3 Å². The van der Waals surface area contributed by atoms with Crippen molar-refractivity contribution in [2.75, 3.05) is 65.4 Å². The Morgan fingerprint density at radius 1 is 0.931 bits per heavy atom. The molecule has 7 heteroatoms. The minimum Gasteiger partial charge on any atom is -0.497 e. The summed E-state index contributed by atoms with van der Waals surface area (Å²) in [7, 11) is 3.18. The average Bonchev–Trinajstić information content (AvgIpc) is 2.75. The largest absolute Gasteiger partial charge is 0.497 e. The molecule has 0 aliphatic carbocycles. The number of ether oxygens (including phenoxy) is 3. The first-order valence-electron chi connectivity index (χ1n) is 9.82. The quantitative estimate of drug-likeness (QED) is 0.698. The van der Waals surface area contributed by atoms with E-state index in [2.05, 4.69) is 15.1 Å². The molecule has 156 valence electrons. The second-order valence-electron chi connectivity index (χ2n) is 6.89. The van der Waals surface area contributed by atoms with Crippen molar-refractivity contribution in [1.29, 1.82) is 0 Å². The lowest BCUT2D eigenvalue weighted by atomic mass is 10.2. The SMILES string of the molecule is COc1ccc(OC)c(NC(=O)CN2CCN(CCOc3ccccc3)CC2)c1. The molecular weight excluding hydrogens is 370 g/mol. The Morgan fingerprint density at radius 3 is 2.34 bits per heavy atom. The summed E-state index contributed by atoms with van der Waals surface area (Å²) in [5.41, 5.74) is 0.619. The number of rotatable bonds is 9. The number of carbonyl (C=O) groups is 1. The predicted molar refractivity (Wildman–Crippen MR) is 113 cm³/mol. The zero-order valence-corrected chi connectivity index (χ0v) is 17.1. The lowest BCUT2D eigenvalue weighted by molar-refractivity contribution is -0.117. The lowest BCUT2D eigenvalue weighted by Crippen LogP contribution is -2.49. The number of methoxy groups -OCH3 is 2. The van der Waals surface area contributed by atoms with Crippen LogP contribution in [0.3, 0.4) is 0 Å². The first-order valence-corrected chi connectivity index (χ1v) is 9.82.